The average Bonchev–Trinajstić information content (AvgIpc) is 2.54. The predicted octanol–water partition coefficient (Wildman–Crippen LogP) is 2.16. The Kier molecular flexibility index (Phi) is 6.73. The summed E-state index contributed by atoms with van der Waals surface area (Å²) in [6.07, 6.45) is 3.47. The number of nitrogens with one attached hydrogen (secondary N) is 1. The maximum Gasteiger partial charge on any atom is 0.239 e. The van der Waals surface area contributed by atoms with Gasteiger partial charge in [-0.3, -0.25) is 9.59 Å². The summed E-state index contributed by atoms with van der Waals surface area (Å²) in [5.41, 5.74) is 0.534. The van der Waals surface area contributed by atoms with Gasteiger partial charge in [0.25, 0.3) is 0 Å². The van der Waals surface area contributed by atoms with Gasteiger partial charge in [0.1, 0.15) is 5.82 Å². The van der Waals surface area contributed by atoms with E-state index in [1.165, 1.54) is 24.3 Å². The highest BCUT2D eigenvalue weighted by molar-refractivity contribution is 5.85. The SMILES string of the molecule is CC(NC(=O)CN1CCCCCCC1=O)C(O)c1ccc(F)cc1. The molecule has 1 aromatic carbocycles. The molecular formula is C18H25FN2O3. The minimum absolute atomic E-state index is 0.0107. The normalized spacial score (nSPS) is 18.5. The minimum atomic E-state index is -0.933. The van der Waals surface area contributed by atoms with Crippen LogP contribution in [0.2, 0.25) is 0 Å². The number of carbonyl (C=O) groups is 2. The number of carbonyl (C=O) groups excluding carboxylic acids is 2. The molecule has 0 saturated carbocycles. The molecule has 0 aliphatic carbocycles. The summed E-state index contributed by atoms with van der Waals surface area (Å²) in [5.74, 6) is -0.660. The third-order valence-corrected chi connectivity index (χ3v) is 4.33. The third-order valence-electron chi connectivity index (χ3n) is 4.33. The van der Waals surface area contributed by atoms with Gasteiger partial charge in [-0.15, -0.1) is 0 Å². The van der Waals surface area contributed by atoms with Gasteiger partial charge in [0.2, 0.25) is 11.8 Å². The molecule has 0 aromatic heterocycles. The number of aliphatic hydroxyl groups excluding tert-OH is 1. The van der Waals surface area contributed by atoms with Gasteiger partial charge >= 0.3 is 0 Å². The van der Waals surface area contributed by atoms with Crippen LogP contribution in [0.25, 0.3) is 0 Å². The highest BCUT2D eigenvalue weighted by atomic mass is 19.1. The van der Waals surface area contributed by atoms with E-state index in [1.54, 1.807) is 11.8 Å². The summed E-state index contributed by atoms with van der Waals surface area (Å²) in [6, 6.07) is 4.99. The largest absolute Gasteiger partial charge is 0.386 e. The molecule has 1 aliphatic rings. The number of hydrogen-bond acceptors (Lipinski definition) is 3. The standard InChI is InChI=1S/C18H25FN2O3/c1-13(18(24)14-7-9-15(19)10-8-14)20-16(22)12-21-11-5-3-2-4-6-17(21)23/h7-10,13,18,24H,2-6,11-12H2,1H3,(H,20,22). The average molecular weight is 336 g/mol. The monoisotopic (exact) mass is 336 g/mol. The molecule has 2 unspecified atom stereocenters. The molecule has 6 heteroatoms. The molecule has 5 nitrogen and oxygen atoms in total. The summed E-state index contributed by atoms with van der Waals surface area (Å²) in [7, 11) is 0. The Hall–Kier alpha value is -1.95. The van der Waals surface area contributed by atoms with Crippen LogP contribution in [0.4, 0.5) is 4.39 Å². The number of halogens is 1. The topological polar surface area (TPSA) is 69.6 Å². The number of nitrogens with zero attached hydrogens (tertiary/aromatic N) is 1. The van der Waals surface area contributed by atoms with E-state index in [-0.39, 0.29) is 24.2 Å². The van der Waals surface area contributed by atoms with Crippen molar-refractivity contribution in [1.82, 2.24) is 10.2 Å². The van der Waals surface area contributed by atoms with Gasteiger partial charge in [-0.05, 0) is 37.5 Å². The van der Waals surface area contributed by atoms with Crippen molar-refractivity contribution in [3.8, 4) is 0 Å². The summed E-state index contributed by atoms with van der Waals surface area (Å²) < 4.78 is 12.9. The van der Waals surface area contributed by atoms with Crippen LogP contribution in [0.1, 0.15) is 50.7 Å². The molecule has 2 atom stereocenters. The number of rotatable bonds is 5. The molecular weight excluding hydrogens is 311 g/mol. The van der Waals surface area contributed by atoms with Crippen molar-refractivity contribution < 1.29 is 19.1 Å². The van der Waals surface area contributed by atoms with Crippen LogP contribution in [0.15, 0.2) is 24.3 Å². The second kappa shape index (κ2) is 8.78. The molecule has 0 bridgehead atoms. The van der Waals surface area contributed by atoms with Crippen molar-refractivity contribution in [3.05, 3.63) is 35.6 Å². The smallest absolute Gasteiger partial charge is 0.239 e. The van der Waals surface area contributed by atoms with Crippen LogP contribution in [0.5, 0.6) is 0 Å². The number of hydrogen-bond donors (Lipinski definition) is 2. The van der Waals surface area contributed by atoms with Gasteiger partial charge < -0.3 is 15.3 Å². The van der Waals surface area contributed by atoms with E-state index >= 15 is 0 Å². The highest BCUT2D eigenvalue weighted by Gasteiger charge is 2.22. The fourth-order valence-electron chi connectivity index (χ4n) is 2.88. The number of likely N-dealkylation sites (tertiary alicyclic amines) is 1. The van der Waals surface area contributed by atoms with E-state index in [9.17, 15) is 19.1 Å². The first kappa shape index (κ1) is 18.4. The summed E-state index contributed by atoms with van der Waals surface area (Å²) in [6.45, 7) is 2.29. The summed E-state index contributed by atoms with van der Waals surface area (Å²) >= 11 is 0. The molecule has 2 amide bonds. The first-order valence-electron chi connectivity index (χ1n) is 8.48. The van der Waals surface area contributed by atoms with Crippen molar-refractivity contribution in [2.75, 3.05) is 13.1 Å². The van der Waals surface area contributed by atoms with E-state index < -0.39 is 12.1 Å². The lowest BCUT2D eigenvalue weighted by Gasteiger charge is -2.26. The van der Waals surface area contributed by atoms with Crippen LogP contribution >= 0.6 is 0 Å². The molecule has 1 aromatic rings. The quantitative estimate of drug-likeness (QED) is 0.866. The maximum atomic E-state index is 12.9. The number of amides is 2. The Morgan fingerprint density at radius 1 is 1.25 bits per heavy atom. The van der Waals surface area contributed by atoms with Gasteiger partial charge in [-0.1, -0.05) is 25.0 Å². The van der Waals surface area contributed by atoms with Crippen LogP contribution in [-0.4, -0.2) is 41.0 Å². The second-order valence-electron chi connectivity index (χ2n) is 6.33. The van der Waals surface area contributed by atoms with Gasteiger partial charge in [-0.2, -0.15) is 0 Å². The molecule has 2 rings (SSSR count). The predicted molar refractivity (Wildman–Crippen MR) is 88.6 cm³/mol. The fourth-order valence-corrected chi connectivity index (χ4v) is 2.88. The lowest BCUT2D eigenvalue weighted by atomic mass is 10.0. The molecule has 132 valence electrons. The Labute approximate surface area is 141 Å². The van der Waals surface area contributed by atoms with Crippen LogP contribution in [-0.2, 0) is 9.59 Å². The van der Waals surface area contributed by atoms with Gasteiger partial charge in [0, 0.05) is 13.0 Å². The Morgan fingerprint density at radius 2 is 1.92 bits per heavy atom. The highest BCUT2D eigenvalue weighted by Crippen LogP contribution is 2.17. The van der Waals surface area contributed by atoms with E-state index in [4.69, 9.17) is 0 Å². The van der Waals surface area contributed by atoms with Gasteiger partial charge in [0.15, 0.2) is 0 Å². The maximum absolute atomic E-state index is 12.9. The van der Waals surface area contributed by atoms with E-state index in [0.29, 0.717) is 18.5 Å². The van der Waals surface area contributed by atoms with Crippen molar-refractivity contribution in [3.63, 3.8) is 0 Å². The summed E-state index contributed by atoms with van der Waals surface area (Å²) in [5, 5.41) is 13.0. The van der Waals surface area contributed by atoms with Crippen LogP contribution in [0, 0.1) is 5.82 Å². The molecule has 2 N–H and O–H groups in total. The Balaban J connectivity index is 1.88. The Morgan fingerprint density at radius 3 is 2.62 bits per heavy atom. The lowest BCUT2D eigenvalue weighted by molar-refractivity contribution is -0.137. The fraction of sp³-hybridized carbons (Fsp3) is 0.556. The van der Waals surface area contributed by atoms with Crippen molar-refractivity contribution in [2.24, 2.45) is 0 Å². The van der Waals surface area contributed by atoms with E-state index in [1.807, 2.05) is 0 Å². The first-order valence-corrected chi connectivity index (χ1v) is 8.48. The lowest BCUT2D eigenvalue weighted by Crippen LogP contribution is -2.45. The molecule has 1 fully saturated rings. The number of benzene rings is 1. The van der Waals surface area contributed by atoms with Crippen molar-refractivity contribution in [2.45, 2.75) is 51.2 Å². The number of aliphatic hydroxyl groups is 1. The van der Waals surface area contributed by atoms with Crippen LogP contribution in [0.3, 0.4) is 0 Å². The molecule has 1 saturated heterocycles. The summed E-state index contributed by atoms with van der Waals surface area (Å²) in [4.78, 5) is 25.8. The molecule has 24 heavy (non-hydrogen) atoms. The zero-order valence-corrected chi connectivity index (χ0v) is 14.0. The van der Waals surface area contributed by atoms with Crippen molar-refractivity contribution in [1.29, 1.82) is 0 Å². The van der Waals surface area contributed by atoms with Gasteiger partial charge in [0.05, 0.1) is 18.7 Å². The molecule has 0 radical (unpaired) electrons. The first-order chi connectivity index (χ1) is 11.5. The third kappa shape index (κ3) is 5.30. The Bertz CT molecular complexity index is 562. The molecule has 0 spiro atoms. The molecule has 1 aliphatic heterocycles. The second-order valence-corrected chi connectivity index (χ2v) is 6.33. The van der Waals surface area contributed by atoms with Gasteiger partial charge in [-0.25, -0.2) is 4.39 Å². The molecule has 1 heterocycles. The van der Waals surface area contributed by atoms with E-state index in [2.05, 4.69) is 5.32 Å². The zero-order chi connectivity index (χ0) is 17.5. The minimum Gasteiger partial charge on any atom is -0.386 e. The van der Waals surface area contributed by atoms with E-state index in [0.717, 1.165) is 25.7 Å². The van der Waals surface area contributed by atoms with Crippen LogP contribution < -0.4 is 5.32 Å². The van der Waals surface area contributed by atoms with Crippen molar-refractivity contribution >= 4 is 11.8 Å². The zero-order valence-electron chi connectivity index (χ0n) is 14.0.